The zero-order valence-electron chi connectivity index (χ0n) is 9.25. The minimum absolute atomic E-state index is 0.272. The summed E-state index contributed by atoms with van der Waals surface area (Å²) in [5.41, 5.74) is 7.27. The van der Waals surface area contributed by atoms with Crippen LogP contribution in [-0.2, 0) is 0 Å². The van der Waals surface area contributed by atoms with Gasteiger partial charge in [0, 0.05) is 5.75 Å². The van der Waals surface area contributed by atoms with Crippen molar-refractivity contribution in [3.63, 3.8) is 0 Å². The van der Waals surface area contributed by atoms with E-state index < -0.39 is 0 Å². The molecule has 1 aromatic heterocycles. The molecule has 0 radical (unpaired) electrons. The molecule has 84 valence electrons. The van der Waals surface area contributed by atoms with Gasteiger partial charge in [0.2, 0.25) is 5.28 Å². The topological polar surface area (TPSA) is 51.8 Å². The number of aromatic nitrogens is 2. The van der Waals surface area contributed by atoms with Crippen LogP contribution in [-0.4, -0.2) is 15.7 Å². The maximum Gasteiger partial charge on any atom is 0.223 e. The van der Waals surface area contributed by atoms with E-state index in [0.717, 1.165) is 22.9 Å². The molecular formula is C10H16ClN3S. The lowest BCUT2D eigenvalue weighted by Gasteiger charge is -2.10. The van der Waals surface area contributed by atoms with Gasteiger partial charge in [-0.05, 0) is 24.4 Å². The first-order valence-corrected chi connectivity index (χ1v) is 6.33. The van der Waals surface area contributed by atoms with Gasteiger partial charge >= 0.3 is 0 Å². The predicted molar refractivity (Wildman–Crippen MR) is 66.4 cm³/mol. The second-order valence-corrected chi connectivity index (χ2v) is 4.97. The van der Waals surface area contributed by atoms with Gasteiger partial charge in [-0.25, -0.2) is 9.97 Å². The number of hydrogen-bond donors (Lipinski definition) is 1. The van der Waals surface area contributed by atoms with Gasteiger partial charge in [-0.1, -0.05) is 20.3 Å². The van der Waals surface area contributed by atoms with Crippen molar-refractivity contribution in [2.75, 3.05) is 11.5 Å². The third kappa shape index (κ3) is 3.54. The van der Waals surface area contributed by atoms with Crippen molar-refractivity contribution in [3.8, 4) is 0 Å². The molecule has 1 heterocycles. The zero-order valence-corrected chi connectivity index (χ0v) is 10.8. The smallest absolute Gasteiger partial charge is 0.223 e. The molecule has 1 atom stereocenters. The van der Waals surface area contributed by atoms with Gasteiger partial charge in [-0.3, -0.25) is 0 Å². The lowest BCUT2D eigenvalue weighted by Crippen LogP contribution is -2.02. The summed E-state index contributed by atoms with van der Waals surface area (Å²) < 4.78 is 0. The number of aryl methyl sites for hydroxylation is 1. The SMILES string of the molecule is CCC(C)CSc1nc(Cl)nc(C)c1N. The number of nitrogens with zero attached hydrogens (tertiary/aromatic N) is 2. The molecule has 0 amide bonds. The minimum atomic E-state index is 0.272. The average Bonchev–Trinajstić information content (AvgIpc) is 2.20. The van der Waals surface area contributed by atoms with Gasteiger partial charge in [0.15, 0.2) is 0 Å². The monoisotopic (exact) mass is 245 g/mol. The number of nitrogen functional groups attached to an aromatic ring is 1. The Labute approximate surface area is 99.8 Å². The third-order valence-corrected chi connectivity index (χ3v) is 3.76. The molecule has 1 unspecified atom stereocenters. The van der Waals surface area contributed by atoms with E-state index in [1.165, 1.54) is 0 Å². The fourth-order valence-corrected chi connectivity index (χ4v) is 2.37. The second-order valence-electron chi connectivity index (χ2n) is 3.62. The van der Waals surface area contributed by atoms with E-state index >= 15 is 0 Å². The first kappa shape index (κ1) is 12.6. The van der Waals surface area contributed by atoms with Crippen LogP contribution in [0.1, 0.15) is 26.0 Å². The Morgan fingerprint density at radius 1 is 1.47 bits per heavy atom. The highest BCUT2D eigenvalue weighted by atomic mass is 35.5. The Balaban J connectivity index is 2.76. The Hall–Kier alpha value is -0.480. The summed E-state index contributed by atoms with van der Waals surface area (Å²) in [5, 5.41) is 1.07. The van der Waals surface area contributed by atoms with Crippen LogP contribution < -0.4 is 5.73 Å². The number of anilines is 1. The summed E-state index contributed by atoms with van der Waals surface area (Å²) in [7, 11) is 0. The fraction of sp³-hybridized carbons (Fsp3) is 0.600. The summed E-state index contributed by atoms with van der Waals surface area (Å²) in [6, 6.07) is 0. The summed E-state index contributed by atoms with van der Waals surface area (Å²) in [5.74, 6) is 1.66. The van der Waals surface area contributed by atoms with Gasteiger partial charge in [0.25, 0.3) is 0 Å². The molecule has 1 aromatic rings. The maximum absolute atomic E-state index is 5.87. The molecule has 0 saturated carbocycles. The van der Waals surface area contributed by atoms with Crippen molar-refractivity contribution in [2.24, 2.45) is 5.92 Å². The van der Waals surface area contributed by atoms with E-state index in [1.807, 2.05) is 6.92 Å². The van der Waals surface area contributed by atoms with Crippen LogP contribution in [0.2, 0.25) is 5.28 Å². The van der Waals surface area contributed by atoms with Crippen LogP contribution in [0, 0.1) is 12.8 Å². The van der Waals surface area contributed by atoms with Gasteiger partial charge in [0.1, 0.15) is 5.03 Å². The molecule has 0 saturated heterocycles. The minimum Gasteiger partial charge on any atom is -0.395 e. The highest BCUT2D eigenvalue weighted by Gasteiger charge is 2.09. The van der Waals surface area contributed by atoms with Crippen LogP contribution in [0.5, 0.6) is 0 Å². The van der Waals surface area contributed by atoms with Crippen LogP contribution in [0.4, 0.5) is 5.69 Å². The first-order chi connectivity index (χ1) is 7.04. The molecule has 5 heteroatoms. The lowest BCUT2D eigenvalue weighted by atomic mass is 10.2. The number of rotatable bonds is 4. The van der Waals surface area contributed by atoms with Crippen LogP contribution in [0.15, 0.2) is 5.03 Å². The van der Waals surface area contributed by atoms with Crippen molar-refractivity contribution in [1.29, 1.82) is 0 Å². The van der Waals surface area contributed by atoms with Crippen molar-refractivity contribution in [1.82, 2.24) is 9.97 Å². The Kier molecular flexibility index (Phi) is 4.67. The lowest BCUT2D eigenvalue weighted by molar-refractivity contribution is 0.636. The summed E-state index contributed by atoms with van der Waals surface area (Å²) in [6.07, 6.45) is 1.16. The van der Waals surface area contributed by atoms with Gasteiger partial charge in [-0.2, -0.15) is 0 Å². The first-order valence-electron chi connectivity index (χ1n) is 4.97. The van der Waals surface area contributed by atoms with Crippen molar-refractivity contribution < 1.29 is 0 Å². The molecule has 0 spiro atoms. The summed E-state index contributed by atoms with van der Waals surface area (Å²) in [4.78, 5) is 8.13. The largest absolute Gasteiger partial charge is 0.395 e. The van der Waals surface area contributed by atoms with E-state index in [-0.39, 0.29) is 5.28 Å². The van der Waals surface area contributed by atoms with Crippen molar-refractivity contribution in [3.05, 3.63) is 11.0 Å². The van der Waals surface area contributed by atoms with Crippen LogP contribution >= 0.6 is 23.4 Å². The summed E-state index contributed by atoms with van der Waals surface area (Å²) >= 11 is 7.43. The van der Waals surface area contributed by atoms with E-state index in [0.29, 0.717) is 11.6 Å². The number of thioether (sulfide) groups is 1. The molecule has 0 aliphatic rings. The van der Waals surface area contributed by atoms with Crippen molar-refractivity contribution >= 4 is 29.1 Å². The Morgan fingerprint density at radius 3 is 2.73 bits per heavy atom. The van der Waals surface area contributed by atoms with Gasteiger partial charge < -0.3 is 5.73 Å². The number of nitrogens with two attached hydrogens (primary N) is 1. The predicted octanol–water partition coefficient (Wildman–Crippen LogP) is 3.16. The normalized spacial score (nSPS) is 12.8. The second kappa shape index (κ2) is 5.56. The molecule has 2 N–H and O–H groups in total. The molecule has 3 nitrogen and oxygen atoms in total. The number of hydrogen-bond acceptors (Lipinski definition) is 4. The van der Waals surface area contributed by atoms with Crippen LogP contribution in [0.25, 0.3) is 0 Å². The molecule has 0 aliphatic heterocycles. The molecule has 0 aromatic carbocycles. The Morgan fingerprint density at radius 2 is 2.13 bits per heavy atom. The van der Waals surface area contributed by atoms with E-state index in [1.54, 1.807) is 11.8 Å². The highest BCUT2D eigenvalue weighted by molar-refractivity contribution is 7.99. The van der Waals surface area contributed by atoms with Crippen LogP contribution in [0.3, 0.4) is 0 Å². The molecule has 15 heavy (non-hydrogen) atoms. The quantitative estimate of drug-likeness (QED) is 0.503. The fourth-order valence-electron chi connectivity index (χ4n) is 0.971. The average molecular weight is 246 g/mol. The summed E-state index contributed by atoms with van der Waals surface area (Å²) in [6.45, 7) is 6.22. The molecule has 0 bridgehead atoms. The van der Waals surface area contributed by atoms with E-state index in [2.05, 4.69) is 23.8 Å². The standard InChI is InChI=1S/C10H16ClN3S/c1-4-6(2)5-15-9-8(12)7(3)13-10(11)14-9/h6H,4-5,12H2,1-3H3. The highest BCUT2D eigenvalue weighted by Crippen LogP contribution is 2.27. The molecule has 0 fully saturated rings. The Bertz CT molecular complexity index is 344. The molecule has 0 aliphatic carbocycles. The zero-order chi connectivity index (χ0) is 11.4. The molecule has 1 rings (SSSR count). The van der Waals surface area contributed by atoms with Gasteiger partial charge in [0.05, 0.1) is 11.4 Å². The number of halogens is 1. The maximum atomic E-state index is 5.87. The molecular weight excluding hydrogens is 230 g/mol. The third-order valence-electron chi connectivity index (χ3n) is 2.28. The van der Waals surface area contributed by atoms with Gasteiger partial charge in [-0.15, -0.1) is 11.8 Å². The van der Waals surface area contributed by atoms with E-state index in [4.69, 9.17) is 17.3 Å². The van der Waals surface area contributed by atoms with E-state index in [9.17, 15) is 0 Å². The van der Waals surface area contributed by atoms with Crippen molar-refractivity contribution in [2.45, 2.75) is 32.2 Å².